The van der Waals surface area contributed by atoms with Crippen LogP contribution in [0, 0.1) is 5.41 Å². The normalized spacial score (nSPS) is 18.0. The first kappa shape index (κ1) is 8.24. The average molecular weight is 172 g/mol. The van der Waals surface area contributed by atoms with E-state index in [4.69, 9.17) is 0 Å². The molecule has 0 amide bonds. The fraction of sp³-hybridized carbons (Fsp3) is 0.250. The van der Waals surface area contributed by atoms with Crippen molar-refractivity contribution < 1.29 is 4.99 Å². The number of para-hydroxylation sites is 1. The fourth-order valence-corrected chi connectivity index (χ4v) is 1.39. The van der Waals surface area contributed by atoms with E-state index >= 15 is 0 Å². The molecule has 0 radical (unpaired) electrons. The van der Waals surface area contributed by atoms with Crippen LogP contribution in [-0.4, -0.2) is 6.21 Å². The van der Waals surface area contributed by atoms with E-state index in [1.165, 1.54) is 11.3 Å². The third-order valence-corrected chi connectivity index (χ3v) is 2.25. The second-order valence-electron chi connectivity index (χ2n) is 4.03. The van der Waals surface area contributed by atoms with Gasteiger partial charge in [0.25, 0.3) is 0 Å². The molecule has 0 fully saturated rings. The quantitative estimate of drug-likeness (QED) is 0.610. The molecular formula is C12H14N+. The predicted molar refractivity (Wildman–Crippen MR) is 55.9 cm³/mol. The van der Waals surface area contributed by atoms with E-state index in [-0.39, 0.29) is 5.41 Å². The molecule has 0 saturated heterocycles. The van der Waals surface area contributed by atoms with Gasteiger partial charge in [0, 0.05) is 11.6 Å². The third kappa shape index (κ3) is 1.69. The van der Waals surface area contributed by atoms with Crippen LogP contribution in [0.25, 0.3) is 6.08 Å². The molecule has 1 aliphatic rings. The number of fused-ring (bicyclic) bond motifs is 1. The second-order valence-corrected chi connectivity index (χ2v) is 4.03. The van der Waals surface area contributed by atoms with Gasteiger partial charge in [-0.2, -0.15) is 0 Å². The summed E-state index contributed by atoms with van der Waals surface area (Å²) < 4.78 is 0. The highest BCUT2D eigenvalue weighted by atomic mass is 14.7. The summed E-state index contributed by atoms with van der Waals surface area (Å²) in [5.41, 5.74) is 2.56. The van der Waals surface area contributed by atoms with E-state index in [1.54, 1.807) is 0 Å². The van der Waals surface area contributed by atoms with Crippen LogP contribution in [0.3, 0.4) is 0 Å². The van der Waals surface area contributed by atoms with Crippen LogP contribution in [0.5, 0.6) is 0 Å². The standard InChI is InChI=1S/C12H13N/c1-12(2)8-7-10-5-3-4-6-11(10)13-9-12/h3-9H,1-2H3/p+1. The SMILES string of the molecule is CC1(C)C=Cc2ccccc2[NH+]=C1. The van der Waals surface area contributed by atoms with E-state index in [9.17, 15) is 0 Å². The zero-order valence-electron chi connectivity index (χ0n) is 8.04. The molecule has 1 nitrogen and oxygen atoms in total. The van der Waals surface area contributed by atoms with Crippen LogP contribution in [0.4, 0.5) is 5.69 Å². The zero-order valence-corrected chi connectivity index (χ0v) is 8.04. The molecule has 66 valence electrons. The van der Waals surface area contributed by atoms with E-state index < -0.39 is 0 Å². The minimum Gasteiger partial charge on any atom is -0.214 e. The molecule has 1 heterocycles. The highest BCUT2D eigenvalue weighted by Gasteiger charge is 2.17. The molecule has 1 N–H and O–H groups in total. The van der Waals surface area contributed by atoms with E-state index in [2.05, 4.69) is 55.4 Å². The fourth-order valence-electron chi connectivity index (χ4n) is 1.39. The number of hydrogen-bond acceptors (Lipinski definition) is 0. The van der Waals surface area contributed by atoms with E-state index in [0.717, 1.165) is 0 Å². The van der Waals surface area contributed by atoms with Crippen LogP contribution < -0.4 is 4.99 Å². The lowest BCUT2D eigenvalue weighted by Crippen LogP contribution is -2.63. The van der Waals surface area contributed by atoms with Crippen LogP contribution in [0.15, 0.2) is 30.3 Å². The highest BCUT2D eigenvalue weighted by molar-refractivity contribution is 5.72. The maximum absolute atomic E-state index is 3.33. The Labute approximate surface area is 78.8 Å². The molecule has 1 aromatic carbocycles. The molecule has 0 aliphatic carbocycles. The van der Waals surface area contributed by atoms with Gasteiger partial charge >= 0.3 is 0 Å². The molecule has 1 aliphatic heterocycles. The number of allylic oxidation sites excluding steroid dienone is 1. The summed E-state index contributed by atoms with van der Waals surface area (Å²) in [5.74, 6) is 0. The molecule has 0 spiro atoms. The molecule has 0 aromatic heterocycles. The Hall–Kier alpha value is -1.37. The molecule has 13 heavy (non-hydrogen) atoms. The molecule has 0 unspecified atom stereocenters. The lowest BCUT2D eigenvalue weighted by molar-refractivity contribution is -0.351. The zero-order chi connectivity index (χ0) is 9.31. The lowest BCUT2D eigenvalue weighted by Gasteiger charge is -2.06. The Kier molecular flexibility index (Phi) is 1.80. The van der Waals surface area contributed by atoms with Crippen molar-refractivity contribution in [2.45, 2.75) is 13.8 Å². The molecule has 0 saturated carbocycles. The van der Waals surface area contributed by atoms with Gasteiger partial charge < -0.3 is 0 Å². The minimum atomic E-state index is 0.124. The minimum absolute atomic E-state index is 0.124. The van der Waals surface area contributed by atoms with Crippen molar-refractivity contribution in [1.82, 2.24) is 0 Å². The van der Waals surface area contributed by atoms with Gasteiger partial charge in [-0.1, -0.05) is 24.3 Å². The highest BCUT2D eigenvalue weighted by Crippen LogP contribution is 2.19. The summed E-state index contributed by atoms with van der Waals surface area (Å²) in [6.07, 6.45) is 6.51. The third-order valence-electron chi connectivity index (χ3n) is 2.25. The van der Waals surface area contributed by atoms with Crippen molar-refractivity contribution in [1.29, 1.82) is 0 Å². The molecular weight excluding hydrogens is 158 g/mol. The largest absolute Gasteiger partial charge is 0.214 e. The first-order valence-corrected chi connectivity index (χ1v) is 4.57. The van der Waals surface area contributed by atoms with Gasteiger partial charge in [0.1, 0.15) is 0 Å². The Morgan fingerprint density at radius 2 is 1.92 bits per heavy atom. The topological polar surface area (TPSA) is 14.0 Å². The van der Waals surface area contributed by atoms with Gasteiger partial charge in [-0.15, -0.1) is 0 Å². The van der Waals surface area contributed by atoms with Crippen molar-refractivity contribution in [2.75, 3.05) is 0 Å². The van der Waals surface area contributed by atoms with Crippen LogP contribution in [-0.2, 0) is 0 Å². The number of benzene rings is 1. The first-order valence-electron chi connectivity index (χ1n) is 4.57. The van der Waals surface area contributed by atoms with Gasteiger partial charge in [-0.25, -0.2) is 4.99 Å². The van der Waals surface area contributed by atoms with Gasteiger partial charge in [0.05, 0.1) is 5.41 Å². The van der Waals surface area contributed by atoms with Crippen molar-refractivity contribution in [3.63, 3.8) is 0 Å². The molecule has 1 heteroatoms. The summed E-state index contributed by atoms with van der Waals surface area (Å²) in [6, 6.07) is 8.32. The Morgan fingerprint density at radius 1 is 1.15 bits per heavy atom. The number of nitrogens with one attached hydrogen (secondary N) is 1. The van der Waals surface area contributed by atoms with Gasteiger partial charge in [0.15, 0.2) is 6.21 Å². The van der Waals surface area contributed by atoms with Gasteiger partial charge in [0.2, 0.25) is 5.69 Å². The summed E-state index contributed by atoms with van der Waals surface area (Å²) in [7, 11) is 0. The smallest absolute Gasteiger partial charge is 0.210 e. The van der Waals surface area contributed by atoms with E-state index in [0.29, 0.717) is 0 Å². The van der Waals surface area contributed by atoms with Crippen LogP contribution in [0.1, 0.15) is 19.4 Å². The second kappa shape index (κ2) is 2.84. The molecule has 0 atom stereocenters. The van der Waals surface area contributed by atoms with Gasteiger partial charge in [-0.3, -0.25) is 0 Å². The Balaban J connectivity index is 2.53. The maximum Gasteiger partial charge on any atom is 0.210 e. The Bertz CT molecular complexity index is 337. The summed E-state index contributed by atoms with van der Waals surface area (Å²) in [5, 5.41) is 0. The van der Waals surface area contributed by atoms with Crippen molar-refractivity contribution in [2.24, 2.45) is 5.41 Å². The van der Waals surface area contributed by atoms with Crippen LogP contribution >= 0.6 is 0 Å². The average Bonchev–Trinajstić information content (AvgIpc) is 2.27. The van der Waals surface area contributed by atoms with Crippen molar-refractivity contribution >= 4 is 18.0 Å². The lowest BCUT2D eigenvalue weighted by atomic mass is 9.95. The van der Waals surface area contributed by atoms with E-state index in [1.807, 2.05) is 6.07 Å². The van der Waals surface area contributed by atoms with Crippen LogP contribution in [0.2, 0.25) is 0 Å². The predicted octanol–water partition coefficient (Wildman–Crippen LogP) is 1.52. The Morgan fingerprint density at radius 3 is 2.77 bits per heavy atom. The van der Waals surface area contributed by atoms with Crippen molar-refractivity contribution in [3.8, 4) is 0 Å². The molecule has 1 aromatic rings. The summed E-state index contributed by atoms with van der Waals surface area (Å²) in [6.45, 7) is 4.37. The van der Waals surface area contributed by atoms with Gasteiger partial charge in [-0.05, 0) is 19.9 Å². The van der Waals surface area contributed by atoms with Crippen molar-refractivity contribution in [3.05, 3.63) is 35.9 Å². The monoisotopic (exact) mass is 172 g/mol. The summed E-state index contributed by atoms with van der Waals surface area (Å²) in [4.78, 5) is 3.33. The molecule has 0 bridgehead atoms. The molecule has 2 rings (SSSR count). The summed E-state index contributed by atoms with van der Waals surface area (Å²) >= 11 is 0. The number of hydrogen-bond donors (Lipinski definition) is 1. The first-order chi connectivity index (χ1) is 6.17. The maximum atomic E-state index is 3.33. The number of rotatable bonds is 0.